The average Bonchev–Trinajstić information content (AvgIpc) is 2.43. The normalized spacial score (nSPS) is 12.9. The molecular weight excluding hydrogens is 389 g/mol. The molecule has 0 rings (SSSR count). The Morgan fingerprint density at radius 1 is 1.09 bits per heavy atom. The Balaban J connectivity index is 0. The van der Waals surface area contributed by atoms with Crippen LogP contribution in [-0.4, -0.2) is 37.3 Å². The summed E-state index contributed by atoms with van der Waals surface area (Å²) in [6, 6.07) is 0. The molecule has 22 heavy (non-hydrogen) atoms. The zero-order valence-corrected chi connectivity index (χ0v) is 17.4. The van der Waals surface area contributed by atoms with Gasteiger partial charge in [-0.25, -0.2) is 0 Å². The SMILES string of the molecule is CCCCCCNC(=NCC(CCO)CC(C)C)NCC.I. The quantitative estimate of drug-likeness (QED) is 0.192. The second-order valence-electron chi connectivity index (χ2n) is 6.21. The van der Waals surface area contributed by atoms with Crippen LogP contribution in [-0.2, 0) is 0 Å². The number of aliphatic imine (C=N–C) groups is 1. The topological polar surface area (TPSA) is 56.7 Å². The molecule has 0 saturated heterocycles. The largest absolute Gasteiger partial charge is 0.396 e. The fraction of sp³-hybridized carbons (Fsp3) is 0.941. The first-order valence-electron chi connectivity index (χ1n) is 8.77. The van der Waals surface area contributed by atoms with Gasteiger partial charge in [0.25, 0.3) is 0 Å². The minimum atomic E-state index is 0. The van der Waals surface area contributed by atoms with E-state index in [0.717, 1.165) is 38.4 Å². The van der Waals surface area contributed by atoms with Crippen LogP contribution in [0.4, 0.5) is 0 Å². The van der Waals surface area contributed by atoms with Crippen molar-refractivity contribution in [2.24, 2.45) is 16.8 Å². The van der Waals surface area contributed by atoms with Gasteiger partial charge in [-0.1, -0.05) is 40.0 Å². The van der Waals surface area contributed by atoms with Gasteiger partial charge in [0.1, 0.15) is 0 Å². The van der Waals surface area contributed by atoms with Crippen molar-refractivity contribution in [3.05, 3.63) is 0 Å². The van der Waals surface area contributed by atoms with Crippen LogP contribution in [0.2, 0.25) is 0 Å². The van der Waals surface area contributed by atoms with Gasteiger partial charge in [-0.2, -0.15) is 0 Å². The van der Waals surface area contributed by atoms with Crippen molar-refractivity contribution in [1.82, 2.24) is 10.6 Å². The van der Waals surface area contributed by atoms with Crippen molar-refractivity contribution in [2.75, 3.05) is 26.2 Å². The maximum atomic E-state index is 9.16. The number of unbranched alkanes of at least 4 members (excludes halogenated alkanes) is 3. The summed E-state index contributed by atoms with van der Waals surface area (Å²) in [5.41, 5.74) is 0. The second-order valence-corrected chi connectivity index (χ2v) is 6.21. The molecule has 1 atom stereocenters. The molecular formula is C17H38IN3O. The van der Waals surface area contributed by atoms with Gasteiger partial charge in [0.15, 0.2) is 5.96 Å². The van der Waals surface area contributed by atoms with E-state index < -0.39 is 0 Å². The first-order valence-corrected chi connectivity index (χ1v) is 8.77. The lowest BCUT2D eigenvalue weighted by Gasteiger charge is -2.17. The highest BCUT2D eigenvalue weighted by Crippen LogP contribution is 2.15. The number of halogens is 1. The van der Waals surface area contributed by atoms with Crippen molar-refractivity contribution < 1.29 is 5.11 Å². The Morgan fingerprint density at radius 2 is 1.82 bits per heavy atom. The minimum absolute atomic E-state index is 0. The van der Waals surface area contributed by atoms with Gasteiger partial charge in [-0.3, -0.25) is 4.99 Å². The molecule has 0 heterocycles. The van der Waals surface area contributed by atoms with E-state index in [9.17, 15) is 0 Å². The van der Waals surface area contributed by atoms with Gasteiger partial charge in [0, 0.05) is 26.2 Å². The summed E-state index contributed by atoms with van der Waals surface area (Å²) in [5.74, 6) is 2.05. The van der Waals surface area contributed by atoms with Crippen molar-refractivity contribution in [2.45, 2.75) is 66.2 Å². The van der Waals surface area contributed by atoms with Gasteiger partial charge in [0.2, 0.25) is 0 Å². The Labute approximate surface area is 155 Å². The molecule has 0 aliphatic heterocycles. The highest BCUT2D eigenvalue weighted by Gasteiger charge is 2.10. The van der Waals surface area contributed by atoms with Crippen LogP contribution in [0.3, 0.4) is 0 Å². The molecule has 0 aromatic carbocycles. The van der Waals surface area contributed by atoms with Crippen LogP contribution in [0.1, 0.15) is 66.2 Å². The van der Waals surface area contributed by atoms with E-state index >= 15 is 0 Å². The van der Waals surface area contributed by atoms with Crippen LogP contribution < -0.4 is 10.6 Å². The first kappa shape index (κ1) is 24.2. The first-order chi connectivity index (χ1) is 10.1. The third kappa shape index (κ3) is 14.9. The number of nitrogens with one attached hydrogen (secondary N) is 2. The van der Waals surface area contributed by atoms with E-state index in [1.54, 1.807) is 0 Å². The molecule has 0 aliphatic carbocycles. The smallest absolute Gasteiger partial charge is 0.191 e. The summed E-state index contributed by atoms with van der Waals surface area (Å²) in [6.07, 6.45) is 7.03. The predicted octanol–water partition coefficient (Wildman–Crippen LogP) is 3.78. The maximum Gasteiger partial charge on any atom is 0.191 e. The van der Waals surface area contributed by atoms with E-state index in [1.165, 1.54) is 25.7 Å². The van der Waals surface area contributed by atoms with Crippen LogP contribution in [0.5, 0.6) is 0 Å². The minimum Gasteiger partial charge on any atom is -0.396 e. The van der Waals surface area contributed by atoms with E-state index in [1.807, 2.05) is 0 Å². The predicted molar refractivity (Wildman–Crippen MR) is 108 cm³/mol. The van der Waals surface area contributed by atoms with E-state index in [-0.39, 0.29) is 30.6 Å². The zero-order chi connectivity index (χ0) is 15.9. The van der Waals surface area contributed by atoms with E-state index in [2.05, 4.69) is 43.3 Å². The Hall–Kier alpha value is -0.0400. The summed E-state index contributed by atoms with van der Waals surface area (Å²) >= 11 is 0. The number of nitrogens with zero attached hydrogens (tertiary/aromatic N) is 1. The summed E-state index contributed by atoms with van der Waals surface area (Å²) < 4.78 is 0. The number of aliphatic hydroxyl groups is 1. The lowest BCUT2D eigenvalue weighted by atomic mass is 9.94. The number of rotatable bonds is 12. The third-order valence-electron chi connectivity index (χ3n) is 3.52. The molecule has 0 aromatic rings. The Morgan fingerprint density at radius 3 is 2.36 bits per heavy atom. The number of guanidine groups is 1. The molecule has 0 fully saturated rings. The summed E-state index contributed by atoms with van der Waals surface area (Å²) in [6.45, 7) is 11.7. The molecule has 1 unspecified atom stereocenters. The number of aliphatic hydroxyl groups excluding tert-OH is 1. The van der Waals surface area contributed by atoms with E-state index in [0.29, 0.717) is 11.8 Å². The molecule has 0 aromatic heterocycles. The molecule has 0 bridgehead atoms. The molecule has 0 saturated carbocycles. The summed E-state index contributed by atoms with van der Waals surface area (Å²) in [4.78, 5) is 4.69. The molecule has 3 N–H and O–H groups in total. The molecule has 0 radical (unpaired) electrons. The Bertz CT molecular complexity index is 260. The van der Waals surface area contributed by atoms with Crippen molar-refractivity contribution in [3.8, 4) is 0 Å². The molecule has 4 nitrogen and oxygen atoms in total. The Kier molecular flexibility index (Phi) is 19.1. The average molecular weight is 427 g/mol. The van der Waals surface area contributed by atoms with Crippen LogP contribution >= 0.6 is 24.0 Å². The lowest BCUT2D eigenvalue weighted by Crippen LogP contribution is -2.38. The fourth-order valence-corrected chi connectivity index (χ4v) is 2.45. The number of hydrogen-bond donors (Lipinski definition) is 3. The standard InChI is InChI=1S/C17H37N3O.HI/c1-5-7-8-9-11-19-17(18-6-2)20-14-16(10-12-21)13-15(3)4;/h15-16,21H,5-14H2,1-4H3,(H2,18,19,20);1H. The van der Waals surface area contributed by atoms with E-state index in [4.69, 9.17) is 5.11 Å². The van der Waals surface area contributed by atoms with Gasteiger partial charge in [0.05, 0.1) is 0 Å². The summed E-state index contributed by atoms with van der Waals surface area (Å²) in [5, 5.41) is 15.9. The van der Waals surface area contributed by atoms with Gasteiger partial charge < -0.3 is 15.7 Å². The number of hydrogen-bond acceptors (Lipinski definition) is 2. The highest BCUT2D eigenvalue weighted by molar-refractivity contribution is 14.0. The van der Waals surface area contributed by atoms with Crippen LogP contribution in [0, 0.1) is 11.8 Å². The second kappa shape index (κ2) is 17.3. The monoisotopic (exact) mass is 427 g/mol. The highest BCUT2D eigenvalue weighted by atomic mass is 127. The molecule has 0 amide bonds. The summed E-state index contributed by atoms with van der Waals surface area (Å²) in [7, 11) is 0. The molecule has 134 valence electrons. The van der Waals surface area contributed by atoms with Gasteiger partial charge in [-0.05, 0) is 38.0 Å². The van der Waals surface area contributed by atoms with Crippen LogP contribution in [0.15, 0.2) is 4.99 Å². The third-order valence-corrected chi connectivity index (χ3v) is 3.52. The van der Waals surface area contributed by atoms with Crippen molar-refractivity contribution in [1.29, 1.82) is 0 Å². The van der Waals surface area contributed by atoms with Crippen molar-refractivity contribution >= 4 is 29.9 Å². The van der Waals surface area contributed by atoms with Crippen molar-refractivity contribution in [3.63, 3.8) is 0 Å². The maximum absolute atomic E-state index is 9.16. The van der Waals surface area contributed by atoms with Gasteiger partial charge >= 0.3 is 0 Å². The molecule has 0 aliphatic rings. The van der Waals surface area contributed by atoms with Crippen LogP contribution in [0.25, 0.3) is 0 Å². The fourth-order valence-electron chi connectivity index (χ4n) is 2.45. The molecule has 0 spiro atoms. The molecule has 5 heteroatoms. The lowest BCUT2D eigenvalue weighted by molar-refractivity contribution is 0.245. The van der Waals surface area contributed by atoms with Gasteiger partial charge in [-0.15, -0.1) is 24.0 Å². The zero-order valence-electron chi connectivity index (χ0n) is 15.0.